The van der Waals surface area contributed by atoms with Crippen LogP contribution >= 0.6 is 15.9 Å². The molecule has 5 heteroatoms. The second-order valence-electron chi connectivity index (χ2n) is 4.33. The van der Waals surface area contributed by atoms with Crippen molar-refractivity contribution in [2.45, 2.75) is 18.7 Å². The number of nitrogens with one attached hydrogen (secondary N) is 1. The van der Waals surface area contributed by atoms with Crippen LogP contribution in [0.1, 0.15) is 11.1 Å². The molecule has 2 aromatic rings. The van der Waals surface area contributed by atoms with E-state index < -0.39 is 10.0 Å². The van der Waals surface area contributed by atoms with Crippen LogP contribution in [0.2, 0.25) is 0 Å². The highest BCUT2D eigenvalue weighted by molar-refractivity contribution is 9.10. The molecule has 0 unspecified atom stereocenters. The van der Waals surface area contributed by atoms with Gasteiger partial charge in [0.05, 0.1) is 10.6 Å². The van der Waals surface area contributed by atoms with Gasteiger partial charge in [-0.05, 0) is 49.2 Å². The molecule has 100 valence electrons. The molecule has 0 fully saturated rings. The Morgan fingerprint density at radius 3 is 2.05 bits per heavy atom. The van der Waals surface area contributed by atoms with Gasteiger partial charge in [-0.1, -0.05) is 34.1 Å². The van der Waals surface area contributed by atoms with Gasteiger partial charge in [0, 0.05) is 4.47 Å². The highest BCUT2D eigenvalue weighted by Gasteiger charge is 2.16. The van der Waals surface area contributed by atoms with Crippen LogP contribution in [0, 0.1) is 13.8 Å². The van der Waals surface area contributed by atoms with Gasteiger partial charge in [0.25, 0.3) is 10.0 Å². The van der Waals surface area contributed by atoms with Crippen LogP contribution in [-0.2, 0) is 10.0 Å². The van der Waals surface area contributed by atoms with Crippen LogP contribution in [0.4, 0.5) is 5.69 Å². The van der Waals surface area contributed by atoms with Crippen molar-refractivity contribution in [3.05, 3.63) is 58.1 Å². The van der Waals surface area contributed by atoms with Crippen molar-refractivity contribution in [3.8, 4) is 0 Å². The zero-order chi connectivity index (χ0) is 14.0. The minimum absolute atomic E-state index is 0.261. The number of hydrogen-bond donors (Lipinski definition) is 1. The lowest BCUT2D eigenvalue weighted by atomic mass is 10.1. The Bertz CT molecular complexity index is 674. The molecule has 2 rings (SSSR count). The van der Waals surface area contributed by atoms with E-state index in [9.17, 15) is 8.42 Å². The Hall–Kier alpha value is -1.33. The number of sulfonamides is 1. The Labute approximate surface area is 121 Å². The molecule has 0 radical (unpaired) electrons. The van der Waals surface area contributed by atoms with Crippen molar-refractivity contribution in [1.82, 2.24) is 0 Å². The summed E-state index contributed by atoms with van der Waals surface area (Å²) in [7, 11) is -3.54. The van der Waals surface area contributed by atoms with E-state index in [2.05, 4.69) is 20.7 Å². The number of aryl methyl sites for hydroxylation is 2. The smallest absolute Gasteiger partial charge is 0.261 e. The first-order valence-electron chi connectivity index (χ1n) is 5.75. The molecular weight excluding hydrogens is 326 g/mol. The Kier molecular flexibility index (Phi) is 3.96. The number of halogens is 1. The largest absolute Gasteiger partial charge is 0.279 e. The molecular formula is C14H14BrNO2S. The summed E-state index contributed by atoms with van der Waals surface area (Å²) in [6.45, 7) is 3.75. The summed E-state index contributed by atoms with van der Waals surface area (Å²) in [4.78, 5) is 0.261. The van der Waals surface area contributed by atoms with Gasteiger partial charge in [-0.15, -0.1) is 0 Å². The number of anilines is 1. The van der Waals surface area contributed by atoms with Gasteiger partial charge in [0.1, 0.15) is 0 Å². The molecule has 0 aromatic heterocycles. The molecule has 0 amide bonds. The lowest BCUT2D eigenvalue weighted by Crippen LogP contribution is -2.14. The molecule has 0 spiro atoms. The van der Waals surface area contributed by atoms with E-state index in [1.54, 1.807) is 30.3 Å². The summed E-state index contributed by atoms with van der Waals surface area (Å²) >= 11 is 3.39. The summed E-state index contributed by atoms with van der Waals surface area (Å²) < 4.78 is 28.1. The minimum atomic E-state index is -3.54. The van der Waals surface area contributed by atoms with E-state index in [0.29, 0.717) is 5.69 Å². The van der Waals surface area contributed by atoms with Gasteiger partial charge in [-0.2, -0.15) is 0 Å². The van der Waals surface area contributed by atoms with Gasteiger partial charge in [0.15, 0.2) is 0 Å². The van der Waals surface area contributed by atoms with Crippen LogP contribution in [0.5, 0.6) is 0 Å². The fraction of sp³-hybridized carbons (Fsp3) is 0.143. The molecule has 19 heavy (non-hydrogen) atoms. The Morgan fingerprint density at radius 1 is 1.00 bits per heavy atom. The predicted molar refractivity (Wildman–Crippen MR) is 80.9 cm³/mol. The maximum absolute atomic E-state index is 12.3. The quantitative estimate of drug-likeness (QED) is 0.922. The SMILES string of the molecule is Cc1cc(Br)cc(C)c1NS(=O)(=O)c1ccccc1. The molecule has 1 N–H and O–H groups in total. The summed E-state index contributed by atoms with van der Waals surface area (Å²) in [5.41, 5.74) is 2.39. The molecule has 0 aliphatic rings. The van der Waals surface area contributed by atoms with Crippen LogP contribution < -0.4 is 4.72 Å². The second-order valence-corrected chi connectivity index (χ2v) is 6.93. The topological polar surface area (TPSA) is 46.2 Å². The van der Waals surface area contributed by atoms with Crippen molar-refractivity contribution in [2.24, 2.45) is 0 Å². The van der Waals surface area contributed by atoms with E-state index >= 15 is 0 Å². The van der Waals surface area contributed by atoms with Gasteiger partial charge in [-0.25, -0.2) is 8.42 Å². The van der Waals surface area contributed by atoms with Crippen molar-refractivity contribution in [1.29, 1.82) is 0 Å². The lowest BCUT2D eigenvalue weighted by Gasteiger charge is -2.13. The van der Waals surface area contributed by atoms with E-state index in [4.69, 9.17) is 0 Å². The van der Waals surface area contributed by atoms with Crippen molar-refractivity contribution in [2.75, 3.05) is 4.72 Å². The molecule has 0 heterocycles. The van der Waals surface area contributed by atoms with Crippen LogP contribution in [-0.4, -0.2) is 8.42 Å². The molecule has 3 nitrogen and oxygen atoms in total. The standard InChI is InChI=1S/C14H14BrNO2S/c1-10-8-12(15)9-11(2)14(10)16-19(17,18)13-6-4-3-5-7-13/h3-9,16H,1-2H3. The monoisotopic (exact) mass is 339 g/mol. The lowest BCUT2D eigenvalue weighted by molar-refractivity contribution is 0.601. The Balaban J connectivity index is 2.42. The molecule has 0 atom stereocenters. The molecule has 2 aromatic carbocycles. The Morgan fingerprint density at radius 2 is 1.53 bits per heavy atom. The van der Waals surface area contributed by atoms with E-state index in [0.717, 1.165) is 15.6 Å². The molecule has 0 aliphatic heterocycles. The zero-order valence-electron chi connectivity index (χ0n) is 10.6. The second kappa shape index (κ2) is 5.35. The zero-order valence-corrected chi connectivity index (χ0v) is 13.0. The third-order valence-electron chi connectivity index (χ3n) is 2.79. The third-order valence-corrected chi connectivity index (χ3v) is 4.61. The molecule has 0 bridgehead atoms. The minimum Gasteiger partial charge on any atom is -0.279 e. The van der Waals surface area contributed by atoms with E-state index in [1.165, 1.54) is 0 Å². The summed E-state index contributed by atoms with van der Waals surface area (Å²) in [5, 5.41) is 0. The average Bonchev–Trinajstić information content (AvgIpc) is 2.35. The summed E-state index contributed by atoms with van der Waals surface area (Å²) in [6, 6.07) is 12.1. The van der Waals surface area contributed by atoms with Crippen LogP contribution in [0.25, 0.3) is 0 Å². The maximum Gasteiger partial charge on any atom is 0.261 e. The molecule has 0 aliphatic carbocycles. The predicted octanol–water partition coefficient (Wildman–Crippen LogP) is 3.87. The van der Waals surface area contributed by atoms with Crippen LogP contribution in [0.15, 0.2) is 51.8 Å². The van der Waals surface area contributed by atoms with Gasteiger partial charge >= 0.3 is 0 Å². The molecule has 0 saturated heterocycles. The van der Waals surface area contributed by atoms with Gasteiger partial charge < -0.3 is 0 Å². The van der Waals surface area contributed by atoms with Crippen molar-refractivity contribution >= 4 is 31.6 Å². The van der Waals surface area contributed by atoms with Gasteiger partial charge in [-0.3, -0.25) is 4.72 Å². The van der Waals surface area contributed by atoms with E-state index in [-0.39, 0.29) is 4.90 Å². The average molecular weight is 340 g/mol. The van der Waals surface area contributed by atoms with E-state index in [1.807, 2.05) is 26.0 Å². The number of rotatable bonds is 3. The highest BCUT2D eigenvalue weighted by Crippen LogP contribution is 2.27. The van der Waals surface area contributed by atoms with Gasteiger partial charge in [0.2, 0.25) is 0 Å². The van der Waals surface area contributed by atoms with Crippen molar-refractivity contribution < 1.29 is 8.42 Å². The number of benzene rings is 2. The van der Waals surface area contributed by atoms with Crippen LogP contribution in [0.3, 0.4) is 0 Å². The summed E-state index contributed by atoms with van der Waals surface area (Å²) in [5.74, 6) is 0. The van der Waals surface area contributed by atoms with Crippen molar-refractivity contribution in [3.63, 3.8) is 0 Å². The first-order valence-corrected chi connectivity index (χ1v) is 8.02. The molecule has 0 saturated carbocycles. The fourth-order valence-corrected chi connectivity index (χ4v) is 3.78. The first kappa shape index (κ1) is 14.1. The third kappa shape index (κ3) is 3.16. The highest BCUT2D eigenvalue weighted by atomic mass is 79.9. The normalized spacial score (nSPS) is 11.3. The number of hydrogen-bond acceptors (Lipinski definition) is 2. The maximum atomic E-state index is 12.3. The first-order chi connectivity index (χ1) is 8.90. The fourth-order valence-electron chi connectivity index (χ4n) is 1.86. The summed E-state index contributed by atoms with van der Waals surface area (Å²) in [6.07, 6.45) is 0.